The van der Waals surface area contributed by atoms with Crippen molar-refractivity contribution in [2.24, 2.45) is 0 Å². The van der Waals surface area contributed by atoms with Crippen molar-refractivity contribution < 1.29 is 4.70 Å². The van der Waals surface area contributed by atoms with Gasteiger partial charge < -0.3 is 0 Å². The van der Waals surface area contributed by atoms with Gasteiger partial charge in [-0.3, -0.25) is 4.70 Å². The fourth-order valence-electron chi connectivity index (χ4n) is 0. The van der Waals surface area contributed by atoms with E-state index in [1.165, 1.54) is 0 Å². The molecule has 4 heavy (non-hydrogen) atoms. The zero-order chi connectivity index (χ0) is 0. The standard InChI is InChI=1S/BH3.Be.FH.Rb.3H/h1H3;;1H;;;;. The number of hydrogen-bond acceptors (Lipinski definition) is 0. The number of hydrogen-bond donors (Lipinski definition) is 0. The van der Waals surface area contributed by atoms with E-state index in [1.54, 1.807) is 0 Å². The molecule has 0 aromatic carbocycles. The summed E-state index contributed by atoms with van der Waals surface area (Å²) in [4.78, 5) is 0. The second-order valence-electron chi connectivity index (χ2n) is 0. The predicted octanol–water partition coefficient (Wildman–Crippen LogP) is -2.60. The molecular weight excluding hydrogens is 124 g/mol. The Balaban J connectivity index is 0. The quantitative estimate of drug-likeness (QED) is 0.316. The Morgan fingerprint density at radius 2 is 1.00 bits per heavy atom. The van der Waals surface area contributed by atoms with Gasteiger partial charge in [-0.15, -0.1) is 0 Å². The zero-order valence-electron chi connectivity index (χ0n) is 0.408. The SMILES string of the molecule is B.F.[BeH2].[RbH]. The summed E-state index contributed by atoms with van der Waals surface area (Å²) in [5.74, 6) is 0. The summed E-state index contributed by atoms with van der Waals surface area (Å²) in [5.41, 5.74) is 0. The summed E-state index contributed by atoms with van der Waals surface area (Å²) in [6, 6.07) is 0. The van der Waals surface area contributed by atoms with Crippen LogP contribution in [-0.2, 0) is 0 Å². The Morgan fingerprint density at radius 3 is 1.00 bits per heavy atom. The third-order valence-corrected chi connectivity index (χ3v) is 0. The van der Waals surface area contributed by atoms with Gasteiger partial charge in [0.25, 0.3) is 0 Å². The molecule has 0 fully saturated rings. The van der Waals surface area contributed by atoms with Crippen LogP contribution in [0.4, 0.5) is 4.70 Å². The molecule has 0 aromatic rings. The van der Waals surface area contributed by atoms with Crippen LogP contribution in [0.5, 0.6) is 0 Å². The molecule has 0 amide bonds. The van der Waals surface area contributed by atoms with Crippen molar-refractivity contribution in [1.29, 1.82) is 0 Å². The number of rotatable bonds is 0. The van der Waals surface area contributed by atoms with Gasteiger partial charge in [0.2, 0.25) is 0 Å². The second-order valence-corrected chi connectivity index (χ2v) is 0. The van der Waals surface area contributed by atoms with Crippen molar-refractivity contribution in [3.8, 4) is 0 Å². The molecule has 4 heteroatoms. The molecule has 0 spiro atoms. The topological polar surface area (TPSA) is 0 Å². The summed E-state index contributed by atoms with van der Waals surface area (Å²) < 4.78 is 0. The van der Waals surface area contributed by atoms with Crippen molar-refractivity contribution in [1.82, 2.24) is 0 Å². The normalized spacial score (nSPS) is 0. The van der Waals surface area contributed by atoms with Gasteiger partial charge in [-0.25, -0.2) is 0 Å². The molecule has 0 saturated heterocycles. The molecule has 0 bridgehead atoms. The van der Waals surface area contributed by atoms with Gasteiger partial charge >= 0.3 is 68.3 Å². The van der Waals surface area contributed by atoms with Crippen molar-refractivity contribution >= 4 is 76.7 Å². The average Bonchev–Trinajstić information content (AvgIpc) is 0. The fourth-order valence-corrected chi connectivity index (χ4v) is 0. The van der Waals surface area contributed by atoms with Crippen LogP contribution in [0.15, 0.2) is 0 Å². The van der Waals surface area contributed by atoms with E-state index in [2.05, 4.69) is 0 Å². The van der Waals surface area contributed by atoms with E-state index in [9.17, 15) is 0 Å². The van der Waals surface area contributed by atoms with E-state index in [-0.39, 0.29) is 81.4 Å². The van der Waals surface area contributed by atoms with E-state index >= 15 is 0 Å². The molecule has 0 nitrogen and oxygen atoms in total. The molecule has 0 radical (unpaired) electrons. The first-order valence-corrected chi connectivity index (χ1v) is 0. The van der Waals surface area contributed by atoms with Crippen molar-refractivity contribution in [2.75, 3.05) is 0 Å². The summed E-state index contributed by atoms with van der Waals surface area (Å²) in [6.07, 6.45) is 0. The first kappa shape index (κ1) is 38.0. The minimum atomic E-state index is 0. The van der Waals surface area contributed by atoms with E-state index in [1.807, 2.05) is 0 Å². The number of halogens is 1. The van der Waals surface area contributed by atoms with Crippen molar-refractivity contribution in [2.45, 2.75) is 0 Å². The van der Waals surface area contributed by atoms with Crippen molar-refractivity contribution in [3.63, 3.8) is 0 Å². The molecule has 0 aliphatic heterocycles. The molecular formula is H7BBeFRb. The molecule has 0 N–H and O–H groups in total. The van der Waals surface area contributed by atoms with Gasteiger partial charge in [0.15, 0.2) is 0 Å². The Kier molecular flexibility index (Phi) is 192. The first-order chi connectivity index (χ1) is 0. The van der Waals surface area contributed by atoms with Crippen LogP contribution in [-0.4, -0.2) is 76.7 Å². The molecule has 20 valence electrons. The van der Waals surface area contributed by atoms with Crippen molar-refractivity contribution in [3.05, 3.63) is 0 Å². The summed E-state index contributed by atoms with van der Waals surface area (Å²) in [7, 11) is 0. The molecule has 0 unspecified atom stereocenters. The van der Waals surface area contributed by atoms with Crippen LogP contribution in [0.25, 0.3) is 0 Å². The average molecular weight is 131 g/mol. The molecule has 0 atom stereocenters. The van der Waals surface area contributed by atoms with Crippen LogP contribution >= 0.6 is 0 Å². The molecule has 0 rings (SSSR count). The van der Waals surface area contributed by atoms with Crippen LogP contribution < -0.4 is 0 Å². The molecule has 0 aliphatic rings. The monoisotopic (exact) mass is 131 g/mol. The Morgan fingerprint density at radius 1 is 1.00 bits per heavy atom. The zero-order valence-corrected chi connectivity index (χ0v) is 0.408. The summed E-state index contributed by atoms with van der Waals surface area (Å²) in [5, 5.41) is 0. The van der Waals surface area contributed by atoms with Crippen LogP contribution in [0.1, 0.15) is 0 Å². The van der Waals surface area contributed by atoms with Gasteiger partial charge in [0.1, 0.15) is 0 Å². The Hall–Kier alpha value is 1.97. The van der Waals surface area contributed by atoms with Crippen LogP contribution in [0, 0.1) is 0 Å². The summed E-state index contributed by atoms with van der Waals surface area (Å²) in [6.45, 7) is 0. The Labute approximate surface area is 79.7 Å². The minimum absolute atomic E-state index is 0. The van der Waals surface area contributed by atoms with E-state index < -0.39 is 0 Å². The van der Waals surface area contributed by atoms with E-state index in [4.69, 9.17) is 0 Å². The van der Waals surface area contributed by atoms with Crippen LogP contribution in [0.2, 0.25) is 0 Å². The fraction of sp³-hybridized carbons (Fsp3) is 0. The Bertz CT molecular complexity index is 8.00. The first-order valence-electron chi connectivity index (χ1n) is 0. The second kappa shape index (κ2) is 20.2. The molecule has 0 heterocycles. The van der Waals surface area contributed by atoms with E-state index in [0.29, 0.717) is 0 Å². The van der Waals surface area contributed by atoms with Crippen LogP contribution in [0.3, 0.4) is 0 Å². The molecule has 0 saturated carbocycles. The van der Waals surface area contributed by atoms with Gasteiger partial charge in [-0.1, -0.05) is 0 Å². The third kappa shape index (κ3) is 9.02. The molecule has 0 aromatic heterocycles. The van der Waals surface area contributed by atoms with Gasteiger partial charge in [0, 0.05) is 0 Å². The summed E-state index contributed by atoms with van der Waals surface area (Å²) >= 11 is 0. The molecule has 0 aliphatic carbocycles. The van der Waals surface area contributed by atoms with Gasteiger partial charge in [-0.2, -0.15) is 0 Å². The van der Waals surface area contributed by atoms with Gasteiger partial charge in [0.05, 0.1) is 8.41 Å². The third-order valence-electron chi connectivity index (χ3n) is 0. The van der Waals surface area contributed by atoms with Gasteiger partial charge in [-0.05, 0) is 0 Å². The maximum atomic E-state index is 0. The maximum absolute atomic E-state index is 0. The van der Waals surface area contributed by atoms with E-state index in [0.717, 1.165) is 0 Å². The predicted molar refractivity (Wildman–Crippen MR) is 28.1 cm³/mol.